The van der Waals surface area contributed by atoms with Crippen LogP contribution in [0.15, 0.2) is 60.7 Å². The molecule has 1 atom stereocenters. The zero-order valence-electron chi connectivity index (χ0n) is 23.0. The first-order valence-corrected chi connectivity index (χ1v) is 13.3. The van der Waals surface area contributed by atoms with Gasteiger partial charge < -0.3 is 0 Å². The van der Waals surface area contributed by atoms with Crippen molar-refractivity contribution in [1.82, 2.24) is 4.90 Å². The maximum absolute atomic E-state index is 13.3. The average Bonchev–Trinajstić information content (AvgIpc) is 3.32. The van der Waals surface area contributed by atoms with E-state index in [9.17, 15) is 22.0 Å². The van der Waals surface area contributed by atoms with Crippen molar-refractivity contribution in [2.75, 3.05) is 13.1 Å². The molecule has 0 aromatic heterocycles. The maximum atomic E-state index is 13.3. The third-order valence-electron chi connectivity index (χ3n) is 5.86. The lowest BCUT2D eigenvalue weighted by Crippen LogP contribution is -2.20. The van der Waals surface area contributed by atoms with Crippen molar-refractivity contribution in [1.29, 1.82) is 5.26 Å². The zero-order chi connectivity index (χ0) is 29.6. The fourth-order valence-electron chi connectivity index (χ4n) is 3.89. The molecule has 39 heavy (non-hydrogen) atoms. The third kappa shape index (κ3) is 11.8. The topological polar surface area (TPSA) is 27.0 Å². The van der Waals surface area contributed by atoms with Crippen LogP contribution in [-0.2, 0) is 19.1 Å². The fourth-order valence-corrected chi connectivity index (χ4v) is 4.17. The Labute approximate surface area is 234 Å². The lowest BCUT2D eigenvalue weighted by molar-refractivity contribution is -0.138. The van der Waals surface area contributed by atoms with Gasteiger partial charge in [0.2, 0.25) is 0 Å². The Kier molecular flexibility index (Phi) is 14.8. The van der Waals surface area contributed by atoms with Crippen LogP contribution < -0.4 is 0 Å². The summed E-state index contributed by atoms with van der Waals surface area (Å²) >= 11 is 5.71. The number of aryl methyl sites for hydroxylation is 2. The number of nitrogens with zero attached hydrogens (tertiary/aromatic N) is 2. The highest BCUT2D eigenvalue weighted by Crippen LogP contribution is 2.31. The largest absolute Gasteiger partial charge is 0.416 e. The number of benzene rings is 3. The van der Waals surface area contributed by atoms with Crippen LogP contribution in [0.4, 0.5) is 22.0 Å². The fraction of sp³-hybridized carbons (Fsp3) is 0.387. The number of rotatable bonds is 3. The minimum atomic E-state index is -4.22. The minimum absolute atomic E-state index is 0.309. The summed E-state index contributed by atoms with van der Waals surface area (Å²) in [5.41, 5.74) is 1.90. The van der Waals surface area contributed by atoms with Crippen LogP contribution in [0, 0.1) is 35.8 Å². The van der Waals surface area contributed by atoms with Crippen molar-refractivity contribution in [3.8, 4) is 6.07 Å². The molecule has 0 radical (unpaired) electrons. The molecule has 212 valence electrons. The number of hydrogen-bond acceptors (Lipinski definition) is 2. The van der Waals surface area contributed by atoms with Crippen molar-refractivity contribution < 1.29 is 22.0 Å². The maximum Gasteiger partial charge on any atom is 0.416 e. The zero-order valence-corrected chi connectivity index (χ0v) is 23.8. The summed E-state index contributed by atoms with van der Waals surface area (Å²) in [7, 11) is 0. The lowest BCUT2D eigenvalue weighted by atomic mass is 10.1. The molecular formula is C31H36ClF5N2. The van der Waals surface area contributed by atoms with Crippen LogP contribution in [0.5, 0.6) is 0 Å². The second kappa shape index (κ2) is 16.9. The molecule has 0 aliphatic carbocycles. The van der Waals surface area contributed by atoms with Crippen molar-refractivity contribution in [3.63, 3.8) is 0 Å². The molecule has 1 unspecified atom stereocenters. The molecule has 8 heteroatoms. The summed E-state index contributed by atoms with van der Waals surface area (Å²) in [5.74, 6) is -0.00350. The number of hydrogen-bond donors (Lipinski definition) is 0. The SMILES string of the molecule is CC.CC1CCN(Cc2cc(F)ccc2F)C1.CCc1ccccc1C(F)(F)F.Cc1ccc(C#N)c(Cl)c1. The van der Waals surface area contributed by atoms with Crippen molar-refractivity contribution in [2.24, 2.45) is 5.92 Å². The molecule has 0 saturated carbocycles. The van der Waals surface area contributed by atoms with Gasteiger partial charge in [-0.15, -0.1) is 0 Å². The second-order valence-electron chi connectivity index (χ2n) is 8.97. The van der Waals surface area contributed by atoms with Gasteiger partial charge in [0.25, 0.3) is 0 Å². The highest BCUT2D eigenvalue weighted by atomic mass is 35.5. The molecule has 0 N–H and O–H groups in total. The predicted octanol–water partition coefficient (Wildman–Crippen LogP) is 9.62. The highest BCUT2D eigenvalue weighted by molar-refractivity contribution is 6.31. The Hall–Kier alpha value is -2.95. The third-order valence-corrected chi connectivity index (χ3v) is 6.17. The monoisotopic (exact) mass is 566 g/mol. The molecule has 1 aliphatic heterocycles. The van der Waals surface area contributed by atoms with Crippen molar-refractivity contribution in [3.05, 3.63) is 105 Å². The molecule has 3 aromatic carbocycles. The Morgan fingerprint density at radius 2 is 1.67 bits per heavy atom. The van der Waals surface area contributed by atoms with Crippen LogP contribution in [-0.4, -0.2) is 18.0 Å². The molecular weight excluding hydrogens is 531 g/mol. The van der Waals surface area contributed by atoms with E-state index in [1.54, 1.807) is 25.1 Å². The molecule has 1 aliphatic rings. The standard InChI is InChI=1S/C12H15F2N.C9H9F3.C8H6ClN.C2H6/c1-9-4-5-15(7-9)8-10-6-11(13)2-3-12(10)14;1-2-7-5-3-4-6-8(7)9(10,11)12;1-6-2-3-7(5-10)8(9)4-6;1-2/h2-3,6,9H,4-5,7-8H2,1H3;3-6H,2H2,1H3;2-4H,1H3;1-2H3. The summed E-state index contributed by atoms with van der Waals surface area (Å²) in [6.45, 7) is 12.3. The Balaban J connectivity index is 0.000000289. The van der Waals surface area contributed by atoms with E-state index in [1.807, 2.05) is 32.9 Å². The Morgan fingerprint density at radius 1 is 1.00 bits per heavy atom. The molecule has 1 fully saturated rings. The van der Waals surface area contributed by atoms with E-state index in [-0.39, 0.29) is 11.6 Å². The van der Waals surface area contributed by atoms with Gasteiger partial charge in [-0.25, -0.2) is 8.78 Å². The molecule has 3 aromatic rings. The van der Waals surface area contributed by atoms with Crippen LogP contribution in [0.25, 0.3) is 0 Å². The van der Waals surface area contributed by atoms with Gasteiger partial charge in [-0.3, -0.25) is 4.90 Å². The molecule has 1 heterocycles. The number of likely N-dealkylation sites (tertiary alicyclic amines) is 1. The summed E-state index contributed by atoms with van der Waals surface area (Å²) < 4.78 is 62.9. The number of halogens is 6. The van der Waals surface area contributed by atoms with Gasteiger partial charge in [-0.05, 0) is 79.8 Å². The van der Waals surface area contributed by atoms with Crippen LogP contribution in [0.2, 0.25) is 5.02 Å². The van der Waals surface area contributed by atoms with E-state index in [1.165, 1.54) is 24.3 Å². The normalized spacial score (nSPS) is 14.6. The molecule has 2 nitrogen and oxygen atoms in total. The van der Waals surface area contributed by atoms with Crippen molar-refractivity contribution >= 4 is 11.6 Å². The average molecular weight is 567 g/mol. The minimum Gasteiger partial charge on any atom is -0.299 e. The first-order valence-electron chi connectivity index (χ1n) is 12.9. The number of alkyl halides is 3. The van der Waals surface area contributed by atoms with E-state index in [0.29, 0.717) is 40.6 Å². The van der Waals surface area contributed by atoms with E-state index in [4.69, 9.17) is 16.9 Å². The van der Waals surface area contributed by atoms with Gasteiger partial charge in [0.05, 0.1) is 16.1 Å². The van der Waals surface area contributed by atoms with Gasteiger partial charge in [-0.2, -0.15) is 18.4 Å². The van der Waals surface area contributed by atoms with Gasteiger partial charge >= 0.3 is 6.18 Å². The van der Waals surface area contributed by atoms with Gasteiger partial charge in [0.15, 0.2) is 0 Å². The second-order valence-corrected chi connectivity index (χ2v) is 9.38. The Morgan fingerprint density at radius 3 is 2.18 bits per heavy atom. The summed E-state index contributed by atoms with van der Waals surface area (Å²) in [6, 6.07) is 16.6. The first kappa shape index (κ1) is 34.1. The summed E-state index contributed by atoms with van der Waals surface area (Å²) in [5, 5.41) is 9.00. The summed E-state index contributed by atoms with van der Waals surface area (Å²) in [4.78, 5) is 2.17. The number of nitriles is 1. The van der Waals surface area contributed by atoms with E-state index >= 15 is 0 Å². The lowest BCUT2D eigenvalue weighted by Gasteiger charge is -2.15. The molecule has 0 spiro atoms. The predicted molar refractivity (Wildman–Crippen MR) is 148 cm³/mol. The van der Waals surface area contributed by atoms with E-state index in [2.05, 4.69) is 11.8 Å². The highest BCUT2D eigenvalue weighted by Gasteiger charge is 2.32. The smallest absolute Gasteiger partial charge is 0.299 e. The molecule has 1 saturated heterocycles. The van der Waals surface area contributed by atoms with Crippen LogP contribution >= 0.6 is 11.6 Å². The van der Waals surface area contributed by atoms with Gasteiger partial charge in [0, 0.05) is 18.7 Å². The van der Waals surface area contributed by atoms with Crippen LogP contribution in [0.1, 0.15) is 61.9 Å². The summed E-state index contributed by atoms with van der Waals surface area (Å²) in [6.07, 6.45) is -2.65. The Bertz CT molecular complexity index is 1200. The van der Waals surface area contributed by atoms with E-state index < -0.39 is 11.7 Å². The van der Waals surface area contributed by atoms with Crippen LogP contribution in [0.3, 0.4) is 0 Å². The molecule has 4 rings (SSSR count). The molecule has 0 amide bonds. The molecule has 0 bridgehead atoms. The first-order chi connectivity index (χ1) is 18.4. The van der Waals surface area contributed by atoms with Gasteiger partial charge in [0.1, 0.15) is 17.7 Å². The van der Waals surface area contributed by atoms with Gasteiger partial charge in [-0.1, -0.05) is 63.6 Å². The van der Waals surface area contributed by atoms with E-state index in [0.717, 1.165) is 37.2 Å². The van der Waals surface area contributed by atoms with Crippen molar-refractivity contribution in [2.45, 2.75) is 60.2 Å². The quantitative estimate of drug-likeness (QED) is 0.295.